The maximum atomic E-state index is 10.8. The number of carboxylic acids is 2. The minimum absolute atomic E-state index is 0.192. The number of aromatic carboxylic acids is 1. The lowest BCUT2D eigenvalue weighted by molar-refractivity contribution is -0.141. The van der Waals surface area contributed by atoms with E-state index in [2.05, 4.69) is 0 Å². The SMILES string of the molecule is CC[C@H](Cc1cccc(C(=O)O)c1)C(=O)O. The van der Waals surface area contributed by atoms with E-state index in [-0.39, 0.29) is 5.56 Å². The van der Waals surface area contributed by atoms with Crippen LogP contribution < -0.4 is 0 Å². The fourth-order valence-electron chi connectivity index (χ4n) is 1.52. The highest BCUT2D eigenvalue weighted by atomic mass is 16.4. The van der Waals surface area contributed by atoms with Crippen molar-refractivity contribution in [3.8, 4) is 0 Å². The number of benzene rings is 1. The number of rotatable bonds is 5. The molecule has 0 saturated carbocycles. The summed E-state index contributed by atoms with van der Waals surface area (Å²) in [6, 6.07) is 6.40. The third kappa shape index (κ3) is 3.08. The van der Waals surface area contributed by atoms with E-state index in [0.717, 1.165) is 5.56 Å². The summed E-state index contributed by atoms with van der Waals surface area (Å²) < 4.78 is 0. The largest absolute Gasteiger partial charge is 0.481 e. The molecule has 2 N–H and O–H groups in total. The molecule has 0 saturated heterocycles. The smallest absolute Gasteiger partial charge is 0.335 e. The molecule has 1 aromatic carbocycles. The van der Waals surface area contributed by atoms with E-state index in [9.17, 15) is 9.59 Å². The quantitative estimate of drug-likeness (QED) is 0.799. The summed E-state index contributed by atoms with van der Waals surface area (Å²) >= 11 is 0. The zero-order valence-corrected chi connectivity index (χ0v) is 9.01. The first kappa shape index (κ1) is 12.2. The highest BCUT2D eigenvalue weighted by molar-refractivity contribution is 5.87. The summed E-state index contributed by atoms with van der Waals surface area (Å²) in [6.07, 6.45) is 0.902. The van der Waals surface area contributed by atoms with Crippen LogP contribution in [0.4, 0.5) is 0 Å². The van der Waals surface area contributed by atoms with Gasteiger partial charge in [0.15, 0.2) is 0 Å². The van der Waals surface area contributed by atoms with Gasteiger partial charge in [0, 0.05) is 0 Å². The van der Waals surface area contributed by atoms with Gasteiger partial charge in [0.2, 0.25) is 0 Å². The third-order valence-corrected chi connectivity index (χ3v) is 2.50. The third-order valence-electron chi connectivity index (χ3n) is 2.50. The molecule has 0 fully saturated rings. The molecule has 0 aliphatic carbocycles. The van der Waals surface area contributed by atoms with Crippen molar-refractivity contribution in [2.45, 2.75) is 19.8 Å². The summed E-state index contributed by atoms with van der Waals surface area (Å²) in [7, 11) is 0. The molecular formula is C12H14O4. The van der Waals surface area contributed by atoms with Crippen LogP contribution in [0.2, 0.25) is 0 Å². The number of carboxylic acid groups (broad SMARTS) is 2. The molecule has 0 bridgehead atoms. The fraction of sp³-hybridized carbons (Fsp3) is 0.333. The average molecular weight is 222 g/mol. The Morgan fingerprint density at radius 2 is 2.00 bits per heavy atom. The van der Waals surface area contributed by atoms with Crippen molar-refractivity contribution in [2.75, 3.05) is 0 Å². The predicted molar refractivity (Wildman–Crippen MR) is 58.5 cm³/mol. The molecular weight excluding hydrogens is 208 g/mol. The molecule has 0 aliphatic rings. The molecule has 0 heterocycles. The van der Waals surface area contributed by atoms with Crippen molar-refractivity contribution < 1.29 is 19.8 Å². The second-order valence-electron chi connectivity index (χ2n) is 3.65. The van der Waals surface area contributed by atoms with E-state index in [0.29, 0.717) is 12.8 Å². The first-order valence-corrected chi connectivity index (χ1v) is 5.09. The van der Waals surface area contributed by atoms with Crippen molar-refractivity contribution in [3.05, 3.63) is 35.4 Å². The number of aliphatic carboxylic acids is 1. The molecule has 1 atom stereocenters. The topological polar surface area (TPSA) is 74.6 Å². The lowest BCUT2D eigenvalue weighted by atomic mass is 9.96. The van der Waals surface area contributed by atoms with E-state index < -0.39 is 17.9 Å². The summed E-state index contributed by atoms with van der Waals surface area (Å²) in [5, 5.41) is 17.7. The Morgan fingerprint density at radius 1 is 1.31 bits per heavy atom. The van der Waals surface area contributed by atoms with E-state index in [4.69, 9.17) is 10.2 Å². The van der Waals surface area contributed by atoms with Crippen LogP contribution in [0.1, 0.15) is 29.3 Å². The zero-order chi connectivity index (χ0) is 12.1. The van der Waals surface area contributed by atoms with E-state index in [1.165, 1.54) is 12.1 Å². The molecule has 0 unspecified atom stereocenters. The number of hydrogen-bond donors (Lipinski definition) is 2. The molecule has 1 aromatic rings. The van der Waals surface area contributed by atoms with Gasteiger partial charge in [0.05, 0.1) is 11.5 Å². The minimum Gasteiger partial charge on any atom is -0.481 e. The van der Waals surface area contributed by atoms with Gasteiger partial charge >= 0.3 is 11.9 Å². The van der Waals surface area contributed by atoms with E-state index in [1.54, 1.807) is 19.1 Å². The normalized spacial score (nSPS) is 12.1. The second kappa shape index (κ2) is 5.30. The highest BCUT2D eigenvalue weighted by Crippen LogP contribution is 2.14. The molecule has 0 amide bonds. The molecule has 0 aliphatic heterocycles. The van der Waals surface area contributed by atoms with Crippen LogP contribution in [0.3, 0.4) is 0 Å². The van der Waals surface area contributed by atoms with Crippen molar-refractivity contribution in [3.63, 3.8) is 0 Å². The van der Waals surface area contributed by atoms with Crippen LogP contribution in [0, 0.1) is 5.92 Å². The predicted octanol–water partition coefficient (Wildman–Crippen LogP) is 2.04. The van der Waals surface area contributed by atoms with Crippen LogP contribution in [0.5, 0.6) is 0 Å². The lowest BCUT2D eigenvalue weighted by Gasteiger charge is -2.09. The first-order chi connectivity index (χ1) is 7.54. The van der Waals surface area contributed by atoms with Crippen LogP contribution >= 0.6 is 0 Å². The molecule has 4 heteroatoms. The Balaban J connectivity index is 2.84. The van der Waals surface area contributed by atoms with Gasteiger partial charge in [-0.3, -0.25) is 4.79 Å². The molecule has 1 rings (SSSR count). The minimum atomic E-state index is -0.995. The molecule has 4 nitrogen and oxygen atoms in total. The molecule has 86 valence electrons. The Hall–Kier alpha value is -1.84. The standard InChI is InChI=1S/C12H14O4/c1-2-9(11(13)14)6-8-4-3-5-10(7-8)12(15)16/h3-5,7,9H,2,6H2,1H3,(H,13,14)(H,15,16)/t9-/m1/s1. The van der Waals surface area contributed by atoms with Crippen LogP contribution in [0.25, 0.3) is 0 Å². The summed E-state index contributed by atoms with van der Waals surface area (Å²) in [5.74, 6) is -2.29. The number of carbonyl (C=O) groups is 2. The van der Waals surface area contributed by atoms with Crippen LogP contribution in [-0.2, 0) is 11.2 Å². The zero-order valence-electron chi connectivity index (χ0n) is 9.01. The van der Waals surface area contributed by atoms with Crippen molar-refractivity contribution in [1.29, 1.82) is 0 Å². The van der Waals surface area contributed by atoms with Crippen molar-refractivity contribution in [2.24, 2.45) is 5.92 Å². The van der Waals surface area contributed by atoms with Crippen LogP contribution in [0.15, 0.2) is 24.3 Å². The second-order valence-corrected chi connectivity index (χ2v) is 3.65. The monoisotopic (exact) mass is 222 g/mol. The molecule has 0 radical (unpaired) electrons. The maximum Gasteiger partial charge on any atom is 0.335 e. The van der Waals surface area contributed by atoms with Gasteiger partial charge in [-0.25, -0.2) is 4.79 Å². The summed E-state index contributed by atoms with van der Waals surface area (Å²) in [4.78, 5) is 21.6. The van der Waals surface area contributed by atoms with Crippen molar-refractivity contribution >= 4 is 11.9 Å². The Kier molecular flexibility index (Phi) is 4.05. The molecule has 0 aromatic heterocycles. The summed E-state index contributed by atoms with van der Waals surface area (Å²) in [5.41, 5.74) is 0.937. The van der Waals surface area contributed by atoms with Gasteiger partial charge in [-0.05, 0) is 30.5 Å². The van der Waals surface area contributed by atoms with E-state index in [1.807, 2.05) is 0 Å². The highest BCUT2D eigenvalue weighted by Gasteiger charge is 2.16. The van der Waals surface area contributed by atoms with Gasteiger partial charge in [0.1, 0.15) is 0 Å². The van der Waals surface area contributed by atoms with Gasteiger partial charge in [-0.1, -0.05) is 19.1 Å². The fourth-order valence-corrected chi connectivity index (χ4v) is 1.52. The molecule has 0 spiro atoms. The average Bonchev–Trinajstić information content (AvgIpc) is 2.25. The van der Waals surface area contributed by atoms with Crippen LogP contribution in [-0.4, -0.2) is 22.2 Å². The van der Waals surface area contributed by atoms with Gasteiger partial charge in [-0.2, -0.15) is 0 Å². The first-order valence-electron chi connectivity index (χ1n) is 5.09. The Bertz CT molecular complexity index is 398. The number of hydrogen-bond acceptors (Lipinski definition) is 2. The Morgan fingerprint density at radius 3 is 2.50 bits per heavy atom. The van der Waals surface area contributed by atoms with Gasteiger partial charge in [0.25, 0.3) is 0 Å². The van der Waals surface area contributed by atoms with E-state index >= 15 is 0 Å². The van der Waals surface area contributed by atoms with Crippen molar-refractivity contribution in [1.82, 2.24) is 0 Å². The summed E-state index contributed by atoms with van der Waals surface area (Å²) in [6.45, 7) is 1.81. The lowest BCUT2D eigenvalue weighted by Crippen LogP contribution is -2.15. The maximum absolute atomic E-state index is 10.8. The Labute approximate surface area is 93.5 Å². The molecule has 16 heavy (non-hydrogen) atoms. The van der Waals surface area contributed by atoms with Gasteiger partial charge in [-0.15, -0.1) is 0 Å². The van der Waals surface area contributed by atoms with Gasteiger partial charge < -0.3 is 10.2 Å².